The Morgan fingerprint density at radius 2 is 1.90 bits per heavy atom. The molecule has 1 aromatic rings. The predicted octanol–water partition coefficient (Wildman–Crippen LogP) is 1.08. The first kappa shape index (κ1) is 16.1. The summed E-state index contributed by atoms with van der Waals surface area (Å²) in [5.41, 5.74) is -0.197. The molecule has 9 heteroatoms. The van der Waals surface area contributed by atoms with Crippen LogP contribution in [0.3, 0.4) is 0 Å². The Morgan fingerprint density at radius 3 is 2.35 bits per heavy atom. The van der Waals surface area contributed by atoms with Crippen LogP contribution < -0.4 is 0 Å². The molecule has 0 aromatic heterocycles. The number of hydrogen-bond donors (Lipinski definition) is 1. The van der Waals surface area contributed by atoms with Gasteiger partial charge >= 0.3 is 5.97 Å². The minimum atomic E-state index is -3.76. The molecule has 0 unspecified atom stereocenters. The average molecular weight is 302 g/mol. The Kier molecular flexibility index (Phi) is 5.17. The lowest BCUT2D eigenvalue weighted by atomic mass is 10.3. The van der Waals surface area contributed by atoms with E-state index in [1.54, 1.807) is 0 Å². The lowest BCUT2D eigenvalue weighted by Crippen LogP contribution is -2.28. The van der Waals surface area contributed by atoms with E-state index in [0.717, 1.165) is 28.6 Å². The molecule has 0 atom stereocenters. The third kappa shape index (κ3) is 4.00. The summed E-state index contributed by atoms with van der Waals surface area (Å²) in [4.78, 5) is 20.2. The normalized spacial score (nSPS) is 11.5. The van der Waals surface area contributed by atoms with Crippen LogP contribution in [0.25, 0.3) is 0 Å². The van der Waals surface area contributed by atoms with E-state index in [9.17, 15) is 23.3 Å². The van der Waals surface area contributed by atoms with E-state index in [4.69, 9.17) is 5.11 Å². The number of non-ortho nitro benzene ring substituents is 1. The van der Waals surface area contributed by atoms with Crippen molar-refractivity contribution in [3.63, 3.8) is 0 Å². The van der Waals surface area contributed by atoms with E-state index in [0.29, 0.717) is 0 Å². The largest absolute Gasteiger partial charge is 0.481 e. The van der Waals surface area contributed by atoms with Gasteiger partial charge in [0, 0.05) is 32.1 Å². The summed E-state index contributed by atoms with van der Waals surface area (Å²) in [6.07, 6.45) is 0.0676. The van der Waals surface area contributed by atoms with Crippen molar-refractivity contribution in [1.82, 2.24) is 4.31 Å². The van der Waals surface area contributed by atoms with E-state index in [-0.39, 0.29) is 30.0 Å². The van der Waals surface area contributed by atoms with Crippen LogP contribution in [0.1, 0.15) is 12.8 Å². The van der Waals surface area contributed by atoms with Gasteiger partial charge in [0.05, 0.1) is 9.82 Å². The molecule has 8 nitrogen and oxygen atoms in total. The number of nitro benzene ring substituents is 1. The molecule has 0 saturated heterocycles. The van der Waals surface area contributed by atoms with Crippen molar-refractivity contribution in [2.45, 2.75) is 17.7 Å². The van der Waals surface area contributed by atoms with Gasteiger partial charge in [0.15, 0.2) is 0 Å². The second kappa shape index (κ2) is 6.44. The highest BCUT2D eigenvalue weighted by Gasteiger charge is 2.21. The van der Waals surface area contributed by atoms with Crippen LogP contribution in [-0.2, 0) is 14.8 Å². The van der Waals surface area contributed by atoms with Gasteiger partial charge in [-0.3, -0.25) is 14.9 Å². The molecule has 0 saturated carbocycles. The van der Waals surface area contributed by atoms with E-state index in [1.807, 2.05) is 0 Å². The summed E-state index contributed by atoms with van der Waals surface area (Å²) in [6, 6.07) is 4.53. The van der Waals surface area contributed by atoms with Crippen LogP contribution in [0, 0.1) is 10.1 Å². The molecular formula is C11H14N2O6S. The first-order valence-electron chi connectivity index (χ1n) is 5.67. The lowest BCUT2D eigenvalue weighted by Gasteiger charge is -2.16. The number of carboxylic acid groups (broad SMARTS) is 1. The fraction of sp³-hybridized carbons (Fsp3) is 0.364. The minimum absolute atomic E-state index is 0.0611. The smallest absolute Gasteiger partial charge is 0.303 e. The molecule has 0 fully saturated rings. The van der Waals surface area contributed by atoms with Crippen LogP contribution in [0.4, 0.5) is 5.69 Å². The molecule has 0 heterocycles. The summed E-state index contributed by atoms with van der Waals surface area (Å²) >= 11 is 0. The zero-order valence-electron chi connectivity index (χ0n) is 10.7. The van der Waals surface area contributed by atoms with Crippen molar-refractivity contribution in [3.05, 3.63) is 34.4 Å². The van der Waals surface area contributed by atoms with Crippen molar-refractivity contribution < 1.29 is 23.2 Å². The van der Waals surface area contributed by atoms with Crippen LogP contribution in [0.2, 0.25) is 0 Å². The number of aliphatic carboxylic acids is 1. The molecule has 0 aliphatic heterocycles. The maximum atomic E-state index is 12.1. The molecule has 0 radical (unpaired) electrons. The van der Waals surface area contributed by atoms with Crippen LogP contribution >= 0.6 is 0 Å². The molecule has 110 valence electrons. The number of sulfonamides is 1. The molecule has 0 aliphatic rings. The number of carbonyl (C=O) groups is 1. The summed E-state index contributed by atoms with van der Waals surface area (Å²) in [5, 5.41) is 19.0. The Morgan fingerprint density at radius 1 is 1.35 bits per heavy atom. The van der Waals surface area contributed by atoms with Gasteiger partial charge in [-0.05, 0) is 18.6 Å². The van der Waals surface area contributed by atoms with Crippen molar-refractivity contribution >= 4 is 21.7 Å². The fourth-order valence-corrected chi connectivity index (χ4v) is 2.70. The van der Waals surface area contributed by atoms with Gasteiger partial charge in [0.1, 0.15) is 0 Å². The zero-order chi connectivity index (χ0) is 15.3. The van der Waals surface area contributed by atoms with E-state index < -0.39 is 20.9 Å². The molecular weight excluding hydrogens is 288 g/mol. The number of carboxylic acids is 1. The maximum Gasteiger partial charge on any atom is 0.303 e. The Bertz CT molecular complexity index is 596. The molecule has 0 amide bonds. The molecule has 0 bridgehead atoms. The third-order valence-electron chi connectivity index (χ3n) is 2.62. The van der Waals surface area contributed by atoms with Crippen LogP contribution in [0.15, 0.2) is 29.2 Å². The number of benzene rings is 1. The highest BCUT2D eigenvalue weighted by atomic mass is 32.2. The fourth-order valence-electron chi connectivity index (χ4n) is 1.49. The molecule has 1 aromatic carbocycles. The monoisotopic (exact) mass is 302 g/mol. The SMILES string of the molecule is CN(CCCC(=O)O)S(=O)(=O)c1ccc([N+](=O)[O-])cc1. The Balaban J connectivity index is 2.81. The highest BCUT2D eigenvalue weighted by molar-refractivity contribution is 7.89. The lowest BCUT2D eigenvalue weighted by molar-refractivity contribution is -0.384. The van der Waals surface area contributed by atoms with Crippen LogP contribution in [-0.4, -0.2) is 42.3 Å². The maximum absolute atomic E-state index is 12.1. The molecule has 1 N–H and O–H groups in total. The van der Waals surface area contributed by atoms with Gasteiger partial charge in [0.2, 0.25) is 10.0 Å². The van der Waals surface area contributed by atoms with Gasteiger partial charge in [-0.2, -0.15) is 0 Å². The standard InChI is InChI=1S/C11H14N2O6S/c1-12(8-2-3-11(14)15)20(18,19)10-6-4-9(5-7-10)13(16)17/h4-7H,2-3,8H2,1H3,(H,14,15). The van der Waals surface area contributed by atoms with Crippen molar-refractivity contribution in [2.75, 3.05) is 13.6 Å². The summed E-state index contributed by atoms with van der Waals surface area (Å²) in [6.45, 7) is 0.0611. The van der Waals surface area contributed by atoms with E-state index in [2.05, 4.69) is 0 Å². The molecule has 0 spiro atoms. The zero-order valence-corrected chi connectivity index (χ0v) is 11.5. The first-order valence-corrected chi connectivity index (χ1v) is 7.11. The number of hydrogen-bond acceptors (Lipinski definition) is 5. The Hall–Kier alpha value is -2.00. The van der Waals surface area contributed by atoms with E-state index in [1.165, 1.54) is 7.05 Å². The van der Waals surface area contributed by atoms with E-state index >= 15 is 0 Å². The molecule has 1 rings (SSSR count). The van der Waals surface area contributed by atoms with Gasteiger partial charge in [0.25, 0.3) is 5.69 Å². The quantitative estimate of drug-likeness (QED) is 0.594. The van der Waals surface area contributed by atoms with Crippen molar-refractivity contribution in [1.29, 1.82) is 0 Å². The Labute approximate surface area is 115 Å². The average Bonchev–Trinajstić information content (AvgIpc) is 2.38. The van der Waals surface area contributed by atoms with Gasteiger partial charge in [-0.25, -0.2) is 12.7 Å². The molecule has 20 heavy (non-hydrogen) atoms. The second-order valence-electron chi connectivity index (χ2n) is 4.07. The van der Waals surface area contributed by atoms with Gasteiger partial charge in [-0.15, -0.1) is 0 Å². The highest BCUT2D eigenvalue weighted by Crippen LogP contribution is 2.18. The number of rotatable bonds is 7. The summed E-state index contributed by atoms with van der Waals surface area (Å²) in [7, 11) is -2.43. The summed E-state index contributed by atoms with van der Waals surface area (Å²) < 4.78 is 25.2. The predicted molar refractivity (Wildman–Crippen MR) is 69.8 cm³/mol. The summed E-state index contributed by atoms with van der Waals surface area (Å²) in [5.74, 6) is -0.994. The van der Waals surface area contributed by atoms with Gasteiger partial charge in [-0.1, -0.05) is 0 Å². The van der Waals surface area contributed by atoms with Crippen molar-refractivity contribution in [3.8, 4) is 0 Å². The number of nitro groups is 1. The topological polar surface area (TPSA) is 118 Å². The first-order chi connectivity index (χ1) is 9.25. The van der Waals surface area contributed by atoms with Crippen molar-refractivity contribution in [2.24, 2.45) is 0 Å². The second-order valence-corrected chi connectivity index (χ2v) is 6.12. The van der Waals surface area contributed by atoms with Crippen LogP contribution in [0.5, 0.6) is 0 Å². The molecule has 0 aliphatic carbocycles. The number of nitrogens with zero attached hydrogens (tertiary/aromatic N) is 2. The van der Waals surface area contributed by atoms with Gasteiger partial charge < -0.3 is 5.11 Å². The minimum Gasteiger partial charge on any atom is -0.481 e. The third-order valence-corrected chi connectivity index (χ3v) is 4.49.